The first-order valence-corrected chi connectivity index (χ1v) is 10.7. The van der Waals surface area contributed by atoms with Gasteiger partial charge in [-0.15, -0.1) is 0 Å². The molecule has 1 unspecified atom stereocenters. The number of amides is 2. The van der Waals surface area contributed by atoms with Crippen molar-refractivity contribution in [3.05, 3.63) is 66.6 Å². The molecule has 0 spiro atoms. The first-order chi connectivity index (χ1) is 15.0. The maximum absolute atomic E-state index is 12.9. The molecule has 1 aliphatic rings. The summed E-state index contributed by atoms with van der Waals surface area (Å²) >= 11 is 0. The van der Waals surface area contributed by atoms with E-state index in [-0.39, 0.29) is 24.3 Å². The Bertz CT molecular complexity index is 987. The van der Waals surface area contributed by atoms with Crippen LogP contribution in [-0.4, -0.2) is 53.3 Å². The Morgan fingerprint density at radius 1 is 1.03 bits per heavy atom. The molecule has 4 rings (SSSR count). The highest BCUT2D eigenvalue weighted by atomic mass is 16.4. The zero-order chi connectivity index (χ0) is 21.8. The van der Waals surface area contributed by atoms with Crippen LogP contribution < -0.4 is 0 Å². The molecular formula is C25H27N3O3. The second-order valence-corrected chi connectivity index (χ2v) is 8.00. The van der Waals surface area contributed by atoms with Crippen molar-refractivity contribution in [2.24, 2.45) is 0 Å². The highest BCUT2D eigenvalue weighted by molar-refractivity contribution is 5.88. The van der Waals surface area contributed by atoms with Crippen LogP contribution >= 0.6 is 0 Å². The molecular weight excluding hydrogens is 390 g/mol. The van der Waals surface area contributed by atoms with Crippen LogP contribution in [0.15, 0.2) is 65.1 Å². The average molecular weight is 418 g/mol. The molecule has 31 heavy (non-hydrogen) atoms. The largest absolute Gasteiger partial charge is 0.440 e. The molecule has 0 radical (unpaired) electrons. The number of nitrogens with zero attached hydrogens (tertiary/aromatic N) is 3. The van der Waals surface area contributed by atoms with Gasteiger partial charge in [-0.05, 0) is 12.8 Å². The summed E-state index contributed by atoms with van der Waals surface area (Å²) < 4.78 is 6.12. The number of oxazole rings is 1. The molecule has 1 aromatic heterocycles. The Morgan fingerprint density at radius 2 is 1.68 bits per heavy atom. The normalized spacial score (nSPS) is 15.8. The van der Waals surface area contributed by atoms with Gasteiger partial charge in [0, 0.05) is 44.6 Å². The molecule has 1 fully saturated rings. The number of carbonyl (C=O) groups excluding carboxylic acids is 2. The third kappa shape index (κ3) is 4.53. The maximum Gasteiger partial charge on any atom is 0.244 e. The summed E-state index contributed by atoms with van der Waals surface area (Å²) in [7, 11) is 3.46. The van der Waals surface area contributed by atoms with Crippen molar-refractivity contribution in [3.63, 3.8) is 0 Å². The smallest absolute Gasteiger partial charge is 0.244 e. The third-order valence-corrected chi connectivity index (χ3v) is 5.61. The van der Waals surface area contributed by atoms with Gasteiger partial charge in [0.1, 0.15) is 11.7 Å². The summed E-state index contributed by atoms with van der Waals surface area (Å²) in [6, 6.07) is 19.4. The lowest BCUT2D eigenvalue weighted by Gasteiger charge is -2.26. The van der Waals surface area contributed by atoms with Crippen LogP contribution in [0.3, 0.4) is 0 Å². The van der Waals surface area contributed by atoms with E-state index in [4.69, 9.17) is 9.40 Å². The second kappa shape index (κ2) is 9.16. The Morgan fingerprint density at radius 3 is 2.32 bits per heavy atom. The van der Waals surface area contributed by atoms with Crippen LogP contribution in [0.2, 0.25) is 0 Å². The third-order valence-electron chi connectivity index (χ3n) is 5.61. The van der Waals surface area contributed by atoms with Crippen molar-refractivity contribution < 1.29 is 14.0 Å². The molecule has 0 aliphatic carbocycles. The fraction of sp³-hybridized carbons (Fsp3) is 0.320. The first kappa shape index (κ1) is 20.8. The minimum absolute atomic E-state index is 0.0142. The molecule has 0 N–H and O–H groups in total. The molecule has 3 aromatic rings. The zero-order valence-electron chi connectivity index (χ0n) is 18.0. The summed E-state index contributed by atoms with van der Waals surface area (Å²) in [4.78, 5) is 33.3. The molecule has 6 nitrogen and oxygen atoms in total. The number of rotatable bonds is 6. The fourth-order valence-electron chi connectivity index (χ4n) is 4.03. The summed E-state index contributed by atoms with van der Waals surface area (Å²) in [5, 5.41) is 0. The van der Waals surface area contributed by atoms with E-state index in [0.717, 1.165) is 29.7 Å². The molecule has 1 atom stereocenters. The van der Waals surface area contributed by atoms with Crippen LogP contribution in [-0.2, 0) is 16.0 Å². The molecule has 2 aromatic carbocycles. The van der Waals surface area contributed by atoms with E-state index in [1.807, 2.05) is 60.7 Å². The Kier molecular flexibility index (Phi) is 6.16. The highest BCUT2D eigenvalue weighted by Crippen LogP contribution is 2.33. The second-order valence-electron chi connectivity index (χ2n) is 8.00. The molecule has 2 amide bonds. The molecule has 1 aliphatic heterocycles. The van der Waals surface area contributed by atoms with Crippen LogP contribution in [0.4, 0.5) is 0 Å². The first-order valence-electron chi connectivity index (χ1n) is 10.7. The number of aromatic nitrogens is 1. The van der Waals surface area contributed by atoms with Crippen LogP contribution in [0, 0.1) is 0 Å². The van der Waals surface area contributed by atoms with E-state index in [1.165, 1.54) is 0 Å². The number of carbonyl (C=O) groups is 2. The SMILES string of the molecule is CN(C)C(=O)C1CCCN1C(=O)CCc1nc(-c2ccccc2)c(-c2ccccc2)o1. The van der Waals surface area contributed by atoms with Gasteiger partial charge in [-0.3, -0.25) is 9.59 Å². The molecule has 0 bridgehead atoms. The minimum Gasteiger partial charge on any atom is -0.440 e. The molecule has 1 saturated heterocycles. The van der Waals surface area contributed by atoms with Crippen LogP contribution in [0.25, 0.3) is 22.6 Å². The van der Waals surface area contributed by atoms with Crippen molar-refractivity contribution in [2.45, 2.75) is 31.7 Å². The van der Waals surface area contributed by atoms with Gasteiger partial charge in [0.25, 0.3) is 0 Å². The summed E-state index contributed by atoms with van der Waals surface area (Å²) in [5.41, 5.74) is 2.69. The molecule has 6 heteroatoms. The number of likely N-dealkylation sites (tertiary alicyclic amines) is 1. The van der Waals surface area contributed by atoms with Gasteiger partial charge < -0.3 is 14.2 Å². The van der Waals surface area contributed by atoms with E-state index >= 15 is 0 Å². The van der Waals surface area contributed by atoms with Gasteiger partial charge >= 0.3 is 0 Å². The molecule has 160 valence electrons. The average Bonchev–Trinajstić information content (AvgIpc) is 3.46. The Labute approximate surface area is 182 Å². The summed E-state index contributed by atoms with van der Waals surface area (Å²) in [5.74, 6) is 1.19. The summed E-state index contributed by atoms with van der Waals surface area (Å²) in [6.07, 6.45) is 2.23. The van der Waals surface area contributed by atoms with E-state index in [2.05, 4.69) is 0 Å². The highest BCUT2D eigenvalue weighted by Gasteiger charge is 2.34. The lowest BCUT2D eigenvalue weighted by Crippen LogP contribution is -2.45. The number of hydrogen-bond acceptors (Lipinski definition) is 4. The van der Waals surface area contributed by atoms with E-state index < -0.39 is 0 Å². The Balaban J connectivity index is 1.53. The van der Waals surface area contributed by atoms with Crippen molar-refractivity contribution in [1.82, 2.24) is 14.8 Å². The monoisotopic (exact) mass is 417 g/mol. The van der Waals surface area contributed by atoms with Crippen molar-refractivity contribution in [1.29, 1.82) is 0 Å². The van der Waals surface area contributed by atoms with E-state index in [9.17, 15) is 9.59 Å². The zero-order valence-corrected chi connectivity index (χ0v) is 18.0. The van der Waals surface area contributed by atoms with Crippen LogP contribution in [0.5, 0.6) is 0 Å². The van der Waals surface area contributed by atoms with Gasteiger partial charge in [0.2, 0.25) is 11.8 Å². The number of hydrogen-bond donors (Lipinski definition) is 0. The summed E-state index contributed by atoms with van der Waals surface area (Å²) in [6.45, 7) is 0.624. The van der Waals surface area contributed by atoms with Gasteiger partial charge in [0.05, 0.1) is 0 Å². The van der Waals surface area contributed by atoms with E-state index in [1.54, 1.807) is 23.9 Å². The molecule has 2 heterocycles. The number of likely N-dealkylation sites (N-methyl/N-ethyl adjacent to an activating group) is 1. The van der Waals surface area contributed by atoms with Gasteiger partial charge in [-0.2, -0.15) is 0 Å². The lowest BCUT2D eigenvalue weighted by atomic mass is 10.1. The van der Waals surface area contributed by atoms with Gasteiger partial charge in [0.15, 0.2) is 11.7 Å². The lowest BCUT2D eigenvalue weighted by molar-refractivity contribution is -0.142. The van der Waals surface area contributed by atoms with Gasteiger partial charge in [-0.25, -0.2) is 4.98 Å². The van der Waals surface area contributed by atoms with E-state index in [0.29, 0.717) is 24.6 Å². The predicted molar refractivity (Wildman–Crippen MR) is 119 cm³/mol. The standard InChI is InChI=1S/C25H27N3O3/c1-27(2)25(30)20-14-9-17-28(20)22(29)16-15-21-26-23(18-10-5-3-6-11-18)24(31-21)19-12-7-4-8-13-19/h3-8,10-13,20H,9,14-17H2,1-2H3. The quantitative estimate of drug-likeness (QED) is 0.608. The predicted octanol–water partition coefficient (Wildman–Crippen LogP) is 4.02. The molecule has 0 saturated carbocycles. The maximum atomic E-state index is 12.9. The topological polar surface area (TPSA) is 66.7 Å². The van der Waals surface area contributed by atoms with Crippen molar-refractivity contribution in [3.8, 4) is 22.6 Å². The number of aryl methyl sites for hydroxylation is 1. The van der Waals surface area contributed by atoms with Crippen LogP contribution in [0.1, 0.15) is 25.2 Å². The van der Waals surface area contributed by atoms with Crippen molar-refractivity contribution in [2.75, 3.05) is 20.6 Å². The fourth-order valence-corrected chi connectivity index (χ4v) is 4.03. The Hall–Kier alpha value is -3.41. The number of benzene rings is 2. The van der Waals surface area contributed by atoms with Crippen molar-refractivity contribution >= 4 is 11.8 Å². The van der Waals surface area contributed by atoms with Gasteiger partial charge in [-0.1, -0.05) is 60.7 Å². The minimum atomic E-state index is -0.355.